The van der Waals surface area contributed by atoms with Gasteiger partial charge in [0.05, 0.1) is 26.4 Å². The fourth-order valence-corrected chi connectivity index (χ4v) is 1.74. The zero-order valence-electron chi connectivity index (χ0n) is 12.9. The Morgan fingerprint density at radius 3 is 2.18 bits per heavy atom. The molecule has 0 atom stereocenters. The minimum Gasteiger partial charge on any atom is -0.382 e. The summed E-state index contributed by atoms with van der Waals surface area (Å²) >= 11 is 0. The lowest BCUT2D eigenvalue weighted by molar-refractivity contribution is -0.197. The number of hydrogen-bond acceptors (Lipinski definition) is 7. The highest BCUT2D eigenvalue weighted by atomic mass is 16.7. The Hall–Kier alpha value is -1.51. The third-order valence-electron chi connectivity index (χ3n) is 2.92. The van der Waals surface area contributed by atoms with Crippen LogP contribution in [0.5, 0.6) is 0 Å². The summed E-state index contributed by atoms with van der Waals surface area (Å²) in [5.41, 5.74) is 0. The fourth-order valence-electron chi connectivity index (χ4n) is 1.74. The van der Waals surface area contributed by atoms with Gasteiger partial charge in [-0.1, -0.05) is 0 Å². The molecule has 1 fully saturated rings. The molecule has 0 spiro atoms. The van der Waals surface area contributed by atoms with Gasteiger partial charge in [-0.05, 0) is 12.8 Å². The second-order valence-corrected chi connectivity index (χ2v) is 4.72. The first-order valence-electron chi connectivity index (χ1n) is 7.36. The highest BCUT2D eigenvalue weighted by Crippen LogP contribution is 2.13. The maximum absolute atomic E-state index is 11.5. The smallest absolute Gasteiger partial charge is 0.333 e. The average Bonchev–Trinajstić information content (AvgIpc) is 2.81. The van der Waals surface area contributed by atoms with Crippen LogP contribution in [0.4, 0.5) is 0 Å². The second-order valence-electron chi connectivity index (χ2n) is 4.72. The van der Waals surface area contributed by atoms with Crippen molar-refractivity contribution in [2.75, 3.05) is 40.1 Å². The van der Waals surface area contributed by atoms with Gasteiger partial charge in [-0.25, -0.2) is 4.79 Å². The van der Waals surface area contributed by atoms with Gasteiger partial charge < -0.3 is 19.0 Å². The normalized spacial score (nSPS) is 14.7. The molecular weight excluding hydrogens is 294 g/mol. The lowest BCUT2D eigenvalue weighted by Gasteiger charge is -2.12. The number of methoxy groups -OCH3 is 1. The molecule has 0 aromatic carbocycles. The van der Waals surface area contributed by atoms with E-state index >= 15 is 0 Å². The summed E-state index contributed by atoms with van der Waals surface area (Å²) in [6.45, 7) is 2.61. The van der Waals surface area contributed by atoms with Crippen LogP contribution in [0.2, 0.25) is 0 Å². The number of hydrogen-bond donors (Lipinski definition) is 0. The summed E-state index contributed by atoms with van der Waals surface area (Å²) in [5.74, 6) is -1.50. The number of nitrogens with zero attached hydrogens (tertiary/aromatic N) is 1. The van der Waals surface area contributed by atoms with Gasteiger partial charge in [0.15, 0.2) is 0 Å². The quantitative estimate of drug-likeness (QED) is 0.381. The van der Waals surface area contributed by atoms with E-state index in [4.69, 9.17) is 19.0 Å². The number of carbonyl (C=O) groups is 3. The van der Waals surface area contributed by atoms with Crippen LogP contribution in [0.25, 0.3) is 0 Å². The van der Waals surface area contributed by atoms with E-state index in [0.29, 0.717) is 50.9 Å². The van der Waals surface area contributed by atoms with Crippen molar-refractivity contribution in [3.8, 4) is 0 Å². The first kappa shape index (κ1) is 18.5. The lowest BCUT2D eigenvalue weighted by Crippen LogP contribution is -2.31. The second kappa shape index (κ2) is 11.1. The van der Waals surface area contributed by atoms with Crippen molar-refractivity contribution in [2.45, 2.75) is 32.1 Å². The van der Waals surface area contributed by atoms with E-state index in [1.165, 1.54) is 0 Å². The van der Waals surface area contributed by atoms with E-state index in [-0.39, 0.29) is 19.3 Å². The van der Waals surface area contributed by atoms with Gasteiger partial charge in [-0.15, -0.1) is 5.06 Å². The number of carbonyl (C=O) groups excluding carboxylic acids is 3. The molecular formula is C14H23NO7. The standard InChI is InChI=1S/C14H23NO7/c1-19-8-9-21-11-10-20-7-3-2-4-14(18)22-15-12(16)5-6-13(15)17/h2-11H2,1H3. The molecule has 0 bridgehead atoms. The number of hydroxylamine groups is 2. The van der Waals surface area contributed by atoms with E-state index in [1.54, 1.807) is 7.11 Å². The lowest BCUT2D eigenvalue weighted by atomic mass is 10.2. The first-order valence-corrected chi connectivity index (χ1v) is 7.36. The summed E-state index contributed by atoms with van der Waals surface area (Å²) in [7, 11) is 1.61. The van der Waals surface area contributed by atoms with Crippen molar-refractivity contribution in [3.63, 3.8) is 0 Å². The topological polar surface area (TPSA) is 91.4 Å². The van der Waals surface area contributed by atoms with Gasteiger partial charge >= 0.3 is 5.97 Å². The SMILES string of the molecule is COCCOCCOCCCCC(=O)ON1C(=O)CCC1=O. The number of unbranched alkanes of at least 4 members (excludes halogenated alkanes) is 1. The van der Waals surface area contributed by atoms with E-state index in [9.17, 15) is 14.4 Å². The molecule has 8 heteroatoms. The molecule has 126 valence electrons. The van der Waals surface area contributed by atoms with Crippen molar-refractivity contribution in [2.24, 2.45) is 0 Å². The summed E-state index contributed by atoms with van der Waals surface area (Å²) in [5, 5.41) is 0.566. The number of rotatable bonds is 12. The molecule has 0 aromatic rings. The van der Waals surface area contributed by atoms with Crippen molar-refractivity contribution in [3.05, 3.63) is 0 Å². The highest BCUT2D eigenvalue weighted by Gasteiger charge is 2.32. The maximum Gasteiger partial charge on any atom is 0.333 e. The van der Waals surface area contributed by atoms with Crippen LogP contribution in [-0.2, 0) is 33.4 Å². The van der Waals surface area contributed by atoms with Crippen LogP contribution in [0, 0.1) is 0 Å². The molecule has 8 nitrogen and oxygen atoms in total. The zero-order chi connectivity index (χ0) is 16.2. The third-order valence-corrected chi connectivity index (χ3v) is 2.92. The molecule has 1 rings (SSSR count). The minimum atomic E-state index is -0.577. The molecule has 1 aliphatic rings. The fraction of sp³-hybridized carbons (Fsp3) is 0.786. The molecule has 0 aromatic heterocycles. The highest BCUT2D eigenvalue weighted by molar-refractivity contribution is 6.01. The largest absolute Gasteiger partial charge is 0.382 e. The molecule has 2 amide bonds. The third kappa shape index (κ3) is 7.48. The summed E-state index contributed by atoms with van der Waals surface area (Å²) in [6.07, 6.45) is 1.61. The van der Waals surface area contributed by atoms with Gasteiger partial charge in [0.2, 0.25) is 0 Å². The van der Waals surface area contributed by atoms with Crippen molar-refractivity contribution in [1.82, 2.24) is 5.06 Å². The van der Waals surface area contributed by atoms with E-state index in [2.05, 4.69) is 0 Å². The van der Waals surface area contributed by atoms with Crippen LogP contribution in [0.1, 0.15) is 32.1 Å². The van der Waals surface area contributed by atoms with Crippen molar-refractivity contribution >= 4 is 17.8 Å². The van der Waals surface area contributed by atoms with Gasteiger partial charge in [0, 0.05) is 33.0 Å². The van der Waals surface area contributed by atoms with Crippen LogP contribution in [-0.4, -0.2) is 63.0 Å². The molecule has 1 saturated heterocycles. The number of amides is 2. The predicted molar refractivity (Wildman–Crippen MR) is 74.5 cm³/mol. The number of imide groups is 1. The minimum absolute atomic E-state index is 0.104. The van der Waals surface area contributed by atoms with Gasteiger partial charge in [0.1, 0.15) is 0 Å². The van der Waals surface area contributed by atoms with Gasteiger partial charge in [0.25, 0.3) is 11.8 Å². The van der Waals surface area contributed by atoms with E-state index < -0.39 is 17.8 Å². The Labute approximate surface area is 129 Å². The van der Waals surface area contributed by atoms with Crippen molar-refractivity contribution in [1.29, 1.82) is 0 Å². The first-order chi connectivity index (χ1) is 10.6. The molecule has 0 radical (unpaired) electrons. The Kier molecular flexibility index (Phi) is 9.36. The molecule has 0 aliphatic carbocycles. The van der Waals surface area contributed by atoms with Crippen molar-refractivity contribution < 1.29 is 33.4 Å². The van der Waals surface area contributed by atoms with Crippen LogP contribution >= 0.6 is 0 Å². The van der Waals surface area contributed by atoms with Gasteiger partial charge in [-0.3, -0.25) is 9.59 Å². The Bertz CT molecular complexity index is 356. The molecule has 0 unspecified atom stereocenters. The zero-order valence-corrected chi connectivity index (χ0v) is 12.9. The van der Waals surface area contributed by atoms with Crippen LogP contribution < -0.4 is 0 Å². The van der Waals surface area contributed by atoms with Gasteiger partial charge in [-0.2, -0.15) is 0 Å². The number of ether oxygens (including phenoxy) is 3. The Morgan fingerprint density at radius 1 is 0.955 bits per heavy atom. The monoisotopic (exact) mass is 317 g/mol. The molecule has 22 heavy (non-hydrogen) atoms. The molecule has 0 saturated carbocycles. The summed E-state index contributed by atoms with van der Waals surface area (Å²) in [4.78, 5) is 38.7. The Balaban J connectivity index is 1.93. The summed E-state index contributed by atoms with van der Waals surface area (Å²) < 4.78 is 15.4. The Morgan fingerprint density at radius 2 is 1.55 bits per heavy atom. The molecule has 1 aliphatic heterocycles. The summed E-state index contributed by atoms with van der Waals surface area (Å²) in [6, 6.07) is 0. The molecule has 0 N–H and O–H groups in total. The molecule has 1 heterocycles. The van der Waals surface area contributed by atoms with Crippen LogP contribution in [0.3, 0.4) is 0 Å². The predicted octanol–water partition coefficient (Wildman–Crippen LogP) is 0.444. The van der Waals surface area contributed by atoms with E-state index in [1.807, 2.05) is 0 Å². The van der Waals surface area contributed by atoms with Crippen LogP contribution in [0.15, 0.2) is 0 Å². The maximum atomic E-state index is 11.5. The van der Waals surface area contributed by atoms with E-state index in [0.717, 1.165) is 0 Å². The average molecular weight is 317 g/mol.